The van der Waals surface area contributed by atoms with Gasteiger partial charge in [0.25, 0.3) is 0 Å². The molecular formula is C19H23ClN2S. The Labute approximate surface area is 147 Å². The van der Waals surface area contributed by atoms with Crippen LogP contribution in [0.15, 0.2) is 29.6 Å². The Morgan fingerprint density at radius 1 is 1.17 bits per heavy atom. The van der Waals surface area contributed by atoms with Crippen molar-refractivity contribution < 1.29 is 0 Å². The van der Waals surface area contributed by atoms with Crippen LogP contribution in [-0.2, 0) is 0 Å². The molecule has 2 aliphatic rings. The number of hydrogen-bond acceptors (Lipinski definition) is 3. The first-order valence-corrected chi connectivity index (χ1v) is 9.58. The van der Waals surface area contributed by atoms with Crippen molar-refractivity contribution in [3.8, 4) is 11.3 Å². The van der Waals surface area contributed by atoms with E-state index in [-0.39, 0.29) is 0 Å². The fourth-order valence-electron chi connectivity index (χ4n) is 4.83. The highest BCUT2D eigenvalue weighted by Gasteiger charge is 2.50. The van der Waals surface area contributed by atoms with Crippen LogP contribution < -0.4 is 4.90 Å². The van der Waals surface area contributed by atoms with Gasteiger partial charge in [-0.2, -0.15) is 0 Å². The van der Waals surface area contributed by atoms with Gasteiger partial charge in [0.2, 0.25) is 0 Å². The monoisotopic (exact) mass is 346 g/mol. The zero-order valence-electron chi connectivity index (χ0n) is 14.0. The Hall–Kier alpha value is -1.06. The highest BCUT2D eigenvalue weighted by Crippen LogP contribution is 2.53. The first-order valence-electron chi connectivity index (χ1n) is 8.32. The Morgan fingerprint density at radius 3 is 2.65 bits per heavy atom. The van der Waals surface area contributed by atoms with E-state index < -0.39 is 0 Å². The molecule has 4 rings (SSSR count). The summed E-state index contributed by atoms with van der Waals surface area (Å²) >= 11 is 7.76. The first kappa shape index (κ1) is 15.5. The van der Waals surface area contributed by atoms with Crippen LogP contribution in [0.4, 0.5) is 5.13 Å². The predicted molar refractivity (Wildman–Crippen MR) is 99.4 cm³/mol. The Bertz CT molecular complexity index is 721. The SMILES string of the molecule is CC1(C)C[C@@H]2C[C@](C)(CN2c2nc(-c3ccc(Cl)cc3)cs2)C1. The third kappa shape index (κ3) is 2.89. The average Bonchev–Trinajstić information content (AvgIpc) is 3.01. The summed E-state index contributed by atoms with van der Waals surface area (Å²) in [6, 6.07) is 8.61. The smallest absolute Gasteiger partial charge is 0.186 e. The van der Waals surface area contributed by atoms with E-state index in [4.69, 9.17) is 16.6 Å². The summed E-state index contributed by atoms with van der Waals surface area (Å²) < 4.78 is 0. The van der Waals surface area contributed by atoms with E-state index in [1.54, 1.807) is 11.3 Å². The van der Waals surface area contributed by atoms with Crippen molar-refractivity contribution in [3.05, 3.63) is 34.7 Å². The molecule has 1 aliphatic heterocycles. The second kappa shape index (κ2) is 5.22. The minimum absolute atomic E-state index is 0.443. The molecule has 2 bridgehead atoms. The normalized spacial score (nSPS) is 29.0. The van der Waals surface area contributed by atoms with E-state index in [1.165, 1.54) is 24.4 Å². The number of rotatable bonds is 2. The van der Waals surface area contributed by atoms with Gasteiger partial charge in [0.1, 0.15) is 0 Å². The lowest BCUT2D eigenvalue weighted by molar-refractivity contribution is 0.136. The van der Waals surface area contributed by atoms with E-state index in [9.17, 15) is 0 Å². The molecular weight excluding hydrogens is 324 g/mol. The summed E-state index contributed by atoms with van der Waals surface area (Å²) in [5, 5.41) is 4.13. The van der Waals surface area contributed by atoms with Gasteiger partial charge in [-0.3, -0.25) is 0 Å². The average molecular weight is 347 g/mol. The summed E-state index contributed by atoms with van der Waals surface area (Å²) in [4.78, 5) is 7.50. The molecule has 1 saturated heterocycles. The van der Waals surface area contributed by atoms with Crippen LogP contribution in [0.25, 0.3) is 11.3 Å². The Balaban J connectivity index is 1.61. The Morgan fingerprint density at radius 2 is 1.91 bits per heavy atom. The van der Waals surface area contributed by atoms with Gasteiger partial charge >= 0.3 is 0 Å². The first-order chi connectivity index (χ1) is 10.8. The summed E-state index contributed by atoms with van der Waals surface area (Å²) in [7, 11) is 0. The number of aromatic nitrogens is 1. The summed E-state index contributed by atoms with van der Waals surface area (Å²) in [6.45, 7) is 8.44. The Kier molecular flexibility index (Phi) is 3.51. The highest BCUT2D eigenvalue weighted by atomic mass is 35.5. The molecule has 2 nitrogen and oxygen atoms in total. The molecule has 1 aromatic carbocycles. The van der Waals surface area contributed by atoms with Crippen molar-refractivity contribution in [1.82, 2.24) is 4.98 Å². The molecule has 0 radical (unpaired) electrons. The maximum Gasteiger partial charge on any atom is 0.186 e. The lowest BCUT2D eigenvalue weighted by atomic mass is 9.65. The second-order valence-corrected chi connectivity index (χ2v) is 9.64. The molecule has 122 valence electrons. The number of thiazole rings is 1. The molecule has 2 atom stereocenters. The van der Waals surface area contributed by atoms with Gasteiger partial charge in [-0.05, 0) is 42.2 Å². The standard InChI is InChI=1S/C19H23ClN2S/c1-18(2)8-15-9-19(3,11-18)12-22(15)17-21-16(10-23-17)13-4-6-14(20)7-5-13/h4-7,10,15H,8-9,11-12H2,1-3H3/t15-,19+/m1/s1. The lowest BCUT2D eigenvalue weighted by Gasteiger charge is -2.39. The highest BCUT2D eigenvalue weighted by molar-refractivity contribution is 7.14. The fraction of sp³-hybridized carbons (Fsp3) is 0.526. The molecule has 0 unspecified atom stereocenters. The van der Waals surface area contributed by atoms with Crippen LogP contribution in [0.3, 0.4) is 0 Å². The van der Waals surface area contributed by atoms with Crippen LogP contribution in [-0.4, -0.2) is 17.6 Å². The summed E-state index contributed by atoms with van der Waals surface area (Å²) in [5.74, 6) is 0. The maximum atomic E-state index is 5.98. The van der Waals surface area contributed by atoms with Gasteiger partial charge in [0.05, 0.1) is 5.69 Å². The molecule has 23 heavy (non-hydrogen) atoms. The van der Waals surface area contributed by atoms with Gasteiger partial charge in [-0.15, -0.1) is 11.3 Å². The third-order valence-corrected chi connectivity index (χ3v) is 6.42. The molecule has 2 fully saturated rings. The molecule has 4 heteroatoms. The van der Waals surface area contributed by atoms with E-state index in [2.05, 4.69) is 31.1 Å². The van der Waals surface area contributed by atoms with Gasteiger partial charge < -0.3 is 4.90 Å². The van der Waals surface area contributed by atoms with Crippen LogP contribution in [0.2, 0.25) is 5.02 Å². The van der Waals surface area contributed by atoms with E-state index in [0.717, 1.165) is 22.8 Å². The number of nitrogens with zero attached hydrogens (tertiary/aromatic N) is 2. The van der Waals surface area contributed by atoms with Crippen molar-refractivity contribution in [2.45, 2.75) is 46.1 Å². The van der Waals surface area contributed by atoms with Crippen LogP contribution in [0.5, 0.6) is 0 Å². The summed E-state index contributed by atoms with van der Waals surface area (Å²) in [5.41, 5.74) is 3.10. The molecule has 0 spiro atoms. The number of halogens is 1. The van der Waals surface area contributed by atoms with E-state index in [1.807, 2.05) is 24.3 Å². The molecule has 1 saturated carbocycles. The number of anilines is 1. The second-order valence-electron chi connectivity index (χ2n) is 8.36. The van der Waals surface area contributed by atoms with Crippen molar-refractivity contribution in [3.63, 3.8) is 0 Å². The van der Waals surface area contributed by atoms with Crippen molar-refractivity contribution in [2.24, 2.45) is 10.8 Å². The number of benzene rings is 1. The fourth-order valence-corrected chi connectivity index (χ4v) is 5.86. The van der Waals surface area contributed by atoms with Crippen molar-refractivity contribution in [1.29, 1.82) is 0 Å². The van der Waals surface area contributed by atoms with Gasteiger partial charge in [-0.25, -0.2) is 4.98 Å². The predicted octanol–water partition coefficient (Wildman–Crippen LogP) is 5.87. The van der Waals surface area contributed by atoms with Crippen LogP contribution >= 0.6 is 22.9 Å². The molecule has 1 aromatic heterocycles. The maximum absolute atomic E-state index is 5.98. The quantitative estimate of drug-likeness (QED) is 0.676. The lowest BCUT2D eigenvalue weighted by Crippen LogP contribution is -2.34. The van der Waals surface area contributed by atoms with Gasteiger partial charge in [-0.1, -0.05) is 44.5 Å². The van der Waals surface area contributed by atoms with Crippen LogP contribution in [0.1, 0.15) is 40.0 Å². The molecule has 2 aromatic rings. The zero-order chi connectivity index (χ0) is 16.2. The minimum Gasteiger partial charge on any atom is -0.345 e. The minimum atomic E-state index is 0.443. The molecule has 1 aliphatic carbocycles. The van der Waals surface area contributed by atoms with Crippen molar-refractivity contribution >= 4 is 28.1 Å². The number of hydrogen-bond donors (Lipinski definition) is 0. The van der Waals surface area contributed by atoms with E-state index >= 15 is 0 Å². The number of fused-ring (bicyclic) bond motifs is 2. The van der Waals surface area contributed by atoms with E-state index in [0.29, 0.717) is 16.9 Å². The summed E-state index contributed by atoms with van der Waals surface area (Å²) in [6.07, 6.45) is 3.91. The molecule has 0 N–H and O–H groups in total. The largest absolute Gasteiger partial charge is 0.345 e. The third-order valence-electron chi connectivity index (χ3n) is 5.29. The van der Waals surface area contributed by atoms with Crippen LogP contribution in [0, 0.1) is 10.8 Å². The van der Waals surface area contributed by atoms with Gasteiger partial charge in [0, 0.05) is 28.6 Å². The molecule has 0 amide bonds. The van der Waals surface area contributed by atoms with Gasteiger partial charge in [0.15, 0.2) is 5.13 Å². The molecule has 2 heterocycles. The zero-order valence-corrected chi connectivity index (χ0v) is 15.5. The van der Waals surface area contributed by atoms with Crippen molar-refractivity contribution in [2.75, 3.05) is 11.4 Å². The topological polar surface area (TPSA) is 16.1 Å².